The van der Waals surface area contributed by atoms with Crippen LogP contribution in [0.4, 0.5) is 0 Å². The number of aryl methyl sites for hydroxylation is 2. The van der Waals surface area contributed by atoms with Crippen molar-refractivity contribution < 1.29 is 4.74 Å². The predicted molar refractivity (Wildman–Crippen MR) is 87.4 cm³/mol. The Labute approximate surface area is 124 Å². The molecule has 0 radical (unpaired) electrons. The molecular weight excluding hydrogens is 246 g/mol. The van der Waals surface area contributed by atoms with Crippen LogP contribution in [0.2, 0.25) is 0 Å². The van der Waals surface area contributed by atoms with Gasteiger partial charge in [0.1, 0.15) is 12.4 Å². The maximum absolute atomic E-state index is 5.88. The van der Waals surface area contributed by atoms with E-state index in [1.54, 1.807) is 0 Å². The highest BCUT2D eigenvalue weighted by atomic mass is 16.5. The molecule has 1 aromatic rings. The first-order chi connectivity index (χ1) is 9.19. The lowest BCUT2D eigenvalue weighted by Gasteiger charge is -2.21. The number of hydrogen-bond donors (Lipinski definition) is 1. The number of allylic oxidation sites excluding steroid dienone is 1. The molecule has 112 valence electrons. The molecule has 0 aliphatic heterocycles. The fraction of sp³-hybridized carbons (Fsp3) is 0.556. The van der Waals surface area contributed by atoms with Crippen molar-refractivity contribution in [2.45, 2.75) is 60.5 Å². The summed E-state index contributed by atoms with van der Waals surface area (Å²) in [5.74, 6) is 1.02. The molecule has 0 atom stereocenters. The van der Waals surface area contributed by atoms with Crippen molar-refractivity contribution in [3.8, 4) is 5.75 Å². The van der Waals surface area contributed by atoms with Gasteiger partial charge in [0.2, 0.25) is 0 Å². The van der Waals surface area contributed by atoms with Crippen LogP contribution in [-0.2, 0) is 6.54 Å². The highest BCUT2D eigenvalue weighted by Gasteiger charge is 2.10. The monoisotopic (exact) mass is 275 g/mol. The van der Waals surface area contributed by atoms with Crippen LogP contribution < -0.4 is 10.1 Å². The molecule has 0 heterocycles. The van der Waals surface area contributed by atoms with E-state index < -0.39 is 0 Å². The van der Waals surface area contributed by atoms with Gasteiger partial charge >= 0.3 is 0 Å². The summed E-state index contributed by atoms with van der Waals surface area (Å²) in [7, 11) is 0. The van der Waals surface area contributed by atoms with Gasteiger partial charge in [0.05, 0.1) is 0 Å². The van der Waals surface area contributed by atoms with E-state index in [-0.39, 0.29) is 5.54 Å². The second-order valence-electron chi connectivity index (χ2n) is 6.75. The molecule has 0 bridgehead atoms. The van der Waals surface area contributed by atoms with Crippen LogP contribution in [0.5, 0.6) is 5.75 Å². The second kappa shape index (κ2) is 6.94. The topological polar surface area (TPSA) is 21.3 Å². The van der Waals surface area contributed by atoms with Gasteiger partial charge in [-0.2, -0.15) is 0 Å². The largest absolute Gasteiger partial charge is 0.489 e. The van der Waals surface area contributed by atoms with Crippen molar-refractivity contribution in [3.63, 3.8) is 0 Å². The molecule has 0 aliphatic carbocycles. The Hall–Kier alpha value is -1.28. The normalized spacial score (nSPS) is 11.3. The molecule has 1 N–H and O–H groups in total. The van der Waals surface area contributed by atoms with Crippen LogP contribution >= 0.6 is 0 Å². The lowest BCUT2D eigenvalue weighted by atomic mass is 10.0. The Morgan fingerprint density at radius 1 is 1.15 bits per heavy atom. The van der Waals surface area contributed by atoms with Gasteiger partial charge in [-0.05, 0) is 71.2 Å². The smallest absolute Gasteiger partial charge is 0.125 e. The molecule has 1 rings (SSSR count). The van der Waals surface area contributed by atoms with Crippen molar-refractivity contribution in [2.75, 3.05) is 6.61 Å². The SMILES string of the molecule is CC(C)=CCOc1c(C)cc(CNC(C)(C)C)cc1C. The van der Waals surface area contributed by atoms with Crippen molar-refractivity contribution in [3.05, 3.63) is 40.5 Å². The number of ether oxygens (including phenoxy) is 1. The molecular formula is C18H29NO. The van der Waals surface area contributed by atoms with Crippen LogP contribution in [0.15, 0.2) is 23.8 Å². The number of hydrogen-bond acceptors (Lipinski definition) is 2. The third-order valence-corrected chi connectivity index (χ3v) is 3.06. The molecule has 0 unspecified atom stereocenters. The van der Waals surface area contributed by atoms with Gasteiger partial charge in [0.15, 0.2) is 0 Å². The summed E-state index contributed by atoms with van der Waals surface area (Å²) in [6.45, 7) is 16.5. The zero-order valence-electron chi connectivity index (χ0n) is 14.1. The van der Waals surface area contributed by atoms with Crippen molar-refractivity contribution >= 4 is 0 Å². The van der Waals surface area contributed by atoms with Gasteiger partial charge < -0.3 is 10.1 Å². The summed E-state index contributed by atoms with van der Waals surface area (Å²) in [6, 6.07) is 4.42. The van der Waals surface area contributed by atoms with Gasteiger partial charge in [-0.15, -0.1) is 0 Å². The Bertz CT molecular complexity index is 454. The van der Waals surface area contributed by atoms with Gasteiger partial charge in [0.25, 0.3) is 0 Å². The van der Waals surface area contributed by atoms with Crippen molar-refractivity contribution in [2.24, 2.45) is 0 Å². The zero-order chi connectivity index (χ0) is 15.3. The van der Waals surface area contributed by atoms with E-state index in [1.165, 1.54) is 22.3 Å². The molecule has 2 nitrogen and oxygen atoms in total. The summed E-state index contributed by atoms with van der Waals surface area (Å²) in [4.78, 5) is 0. The number of rotatable bonds is 5. The maximum atomic E-state index is 5.88. The summed E-state index contributed by atoms with van der Waals surface area (Å²) in [5, 5.41) is 3.52. The van der Waals surface area contributed by atoms with Gasteiger partial charge in [0, 0.05) is 12.1 Å². The van der Waals surface area contributed by atoms with Crippen molar-refractivity contribution in [1.29, 1.82) is 0 Å². The molecule has 2 heteroatoms. The Balaban J connectivity index is 2.78. The summed E-state index contributed by atoms with van der Waals surface area (Å²) in [6.07, 6.45) is 2.11. The van der Waals surface area contributed by atoms with Crippen LogP contribution in [0.25, 0.3) is 0 Å². The minimum absolute atomic E-state index is 0.139. The fourth-order valence-corrected chi connectivity index (χ4v) is 2.03. The van der Waals surface area contributed by atoms with Crippen LogP contribution in [0, 0.1) is 13.8 Å². The van der Waals surface area contributed by atoms with E-state index in [1.807, 2.05) is 0 Å². The molecule has 0 fully saturated rings. The summed E-state index contributed by atoms with van der Waals surface area (Å²) >= 11 is 0. The molecule has 1 aromatic carbocycles. The zero-order valence-corrected chi connectivity index (χ0v) is 14.1. The first-order valence-electron chi connectivity index (χ1n) is 7.30. The summed E-state index contributed by atoms with van der Waals surface area (Å²) < 4.78 is 5.88. The standard InChI is InChI=1S/C18H29NO/c1-13(2)8-9-20-17-14(3)10-16(11-15(17)4)12-19-18(5,6)7/h8,10-11,19H,9,12H2,1-7H3. The first-order valence-corrected chi connectivity index (χ1v) is 7.30. The van der Waals surface area contributed by atoms with Crippen LogP contribution in [0.1, 0.15) is 51.3 Å². The summed E-state index contributed by atoms with van der Waals surface area (Å²) in [5.41, 5.74) is 5.15. The second-order valence-corrected chi connectivity index (χ2v) is 6.75. The average molecular weight is 275 g/mol. The molecule has 0 amide bonds. The Morgan fingerprint density at radius 2 is 1.70 bits per heavy atom. The van der Waals surface area contributed by atoms with Crippen molar-refractivity contribution in [1.82, 2.24) is 5.32 Å². The molecule has 0 saturated heterocycles. The molecule has 0 saturated carbocycles. The Kier molecular flexibility index (Phi) is 5.82. The maximum Gasteiger partial charge on any atom is 0.125 e. The minimum atomic E-state index is 0.139. The fourth-order valence-electron chi connectivity index (χ4n) is 2.03. The third kappa shape index (κ3) is 5.79. The molecule has 0 spiro atoms. The third-order valence-electron chi connectivity index (χ3n) is 3.06. The van der Waals surface area contributed by atoms with Crippen LogP contribution in [0.3, 0.4) is 0 Å². The van der Waals surface area contributed by atoms with E-state index in [0.717, 1.165) is 12.3 Å². The predicted octanol–water partition coefficient (Wildman–Crippen LogP) is 4.54. The van der Waals surface area contributed by atoms with E-state index in [0.29, 0.717) is 6.61 Å². The van der Waals surface area contributed by atoms with Gasteiger partial charge in [-0.3, -0.25) is 0 Å². The lowest BCUT2D eigenvalue weighted by Crippen LogP contribution is -2.35. The molecule has 0 aliphatic rings. The lowest BCUT2D eigenvalue weighted by molar-refractivity contribution is 0.356. The first kappa shape index (κ1) is 16.8. The van der Waals surface area contributed by atoms with E-state index >= 15 is 0 Å². The highest BCUT2D eigenvalue weighted by Crippen LogP contribution is 2.25. The molecule has 0 aromatic heterocycles. The Morgan fingerprint density at radius 3 is 2.15 bits per heavy atom. The number of benzene rings is 1. The quantitative estimate of drug-likeness (QED) is 0.797. The van der Waals surface area contributed by atoms with Gasteiger partial charge in [-0.25, -0.2) is 0 Å². The van der Waals surface area contributed by atoms with E-state index in [9.17, 15) is 0 Å². The van der Waals surface area contributed by atoms with Crippen LogP contribution in [-0.4, -0.2) is 12.1 Å². The molecule has 20 heavy (non-hydrogen) atoms. The highest BCUT2D eigenvalue weighted by molar-refractivity contribution is 5.43. The average Bonchev–Trinajstić information content (AvgIpc) is 2.29. The number of nitrogens with one attached hydrogen (secondary N) is 1. The van der Waals surface area contributed by atoms with Gasteiger partial charge in [-0.1, -0.05) is 17.7 Å². The van der Waals surface area contributed by atoms with E-state index in [2.05, 4.69) is 72.0 Å². The van der Waals surface area contributed by atoms with E-state index in [4.69, 9.17) is 4.74 Å². The minimum Gasteiger partial charge on any atom is -0.489 e.